The van der Waals surface area contributed by atoms with Crippen molar-refractivity contribution in [3.63, 3.8) is 0 Å². The zero-order chi connectivity index (χ0) is 20.3. The Kier molecular flexibility index (Phi) is 4.07. The summed E-state index contributed by atoms with van der Waals surface area (Å²) < 4.78 is 6.23. The van der Waals surface area contributed by atoms with E-state index >= 15 is 0 Å². The molecule has 0 saturated carbocycles. The Labute approximate surface area is 169 Å². The fraction of sp³-hybridized carbons (Fsp3) is 0.500. The molecule has 2 bridgehead atoms. The maximum atomic E-state index is 13.5. The molecule has 0 radical (unpaired) electrons. The first-order chi connectivity index (χ1) is 13.9. The highest BCUT2D eigenvalue weighted by atomic mass is 16.5. The smallest absolute Gasteiger partial charge is 0.234 e. The largest absolute Gasteiger partial charge is 0.360 e. The summed E-state index contributed by atoms with van der Waals surface area (Å²) >= 11 is 0. The molecule has 7 nitrogen and oxygen atoms in total. The lowest BCUT2D eigenvalue weighted by atomic mass is 9.76. The third-order valence-corrected chi connectivity index (χ3v) is 6.81. The highest BCUT2D eigenvalue weighted by Gasteiger charge is 2.67. The summed E-state index contributed by atoms with van der Waals surface area (Å²) in [6, 6.07) is 5.99. The minimum atomic E-state index is -0.735. The molecule has 4 heterocycles. The SMILES string of the molecule is Cc1ccc(N2C[C@@]34C=C[C@@H](O3)C(C(=O)N3CCNC(=O)CC3)C4C2=O)cc1C. The lowest BCUT2D eigenvalue weighted by molar-refractivity contribution is -0.140. The summed E-state index contributed by atoms with van der Waals surface area (Å²) in [7, 11) is 0. The van der Waals surface area contributed by atoms with E-state index in [-0.39, 0.29) is 23.8 Å². The highest BCUT2D eigenvalue weighted by Crippen LogP contribution is 2.53. The minimum Gasteiger partial charge on any atom is -0.360 e. The fourth-order valence-electron chi connectivity index (χ4n) is 5.09. The monoisotopic (exact) mass is 395 g/mol. The number of nitrogens with zero attached hydrogens (tertiary/aromatic N) is 2. The summed E-state index contributed by atoms with van der Waals surface area (Å²) in [6.45, 7) is 5.79. The molecule has 2 unspecified atom stereocenters. The molecule has 0 aliphatic carbocycles. The Morgan fingerprint density at radius 2 is 2.03 bits per heavy atom. The average Bonchev–Trinajstić information content (AvgIpc) is 3.28. The van der Waals surface area contributed by atoms with Crippen molar-refractivity contribution in [2.45, 2.75) is 32.0 Å². The quantitative estimate of drug-likeness (QED) is 0.756. The van der Waals surface area contributed by atoms with Crippen molar-refractivity contribution >= 4 is 23.4 Å². The second kappa shape index (κ2) is 6.42. The molecule has 3 fully saturated rings. The molecule has 4 aliphatic heterocycles. The van der Waals surface area contributed by atoms with E-state index in [1.54, 1.807) is 9.80 Å². The predicted molar refractivity (Wildman–Crippen MR) is 106 cm³/mol. The number of ether oxygens (including phenoxy) is 1. The first-order valence-electron chi connectivity index (χ1n) is 10.2. The summed E-state index contributed by atoms with van der Waals surface area (Å²) in [4.78, 5) is 41.9. The van der Waals surface area contributed by atoms with Crippen molar-refractivity contribution in [1.82, 2.24) is 10.2 Å². The lowest BCUT2D eigenvalue weighted by Gasteiger charge is -2.29. The third-order valence-electron chi connectivity index (χ3n) is 6.81. The molecule has 1 aromatic carbocycles. The van der Waals surface area contributed by atoms with Gasteiger partial charge in [0.05, 0.1) is 24.5 Å². The molecule has 4 atom stereocenters. The Morgan fingerprint density at radius 1 is 1.21 bits per heavy atom. The van der Waals surface area contributed by atoms with E-state index in [0.717, 1.165) is 11.3 Å². The van der Waals surface area contributed by atoms with Crippen LogP contribution in [-0.4, -0.2) is 60.5 Å². The van der Waals surface area contributed by atoms with E-state index in [1.165, 1.54) is 5.56 Å². The number of rotatable bonds is 2. The van der Waals surface area contributed by atoms with Gasteiger partial charge in [0.1, 0.15) is 5.60 Å². The van der Waals surface area contributed by atoms with Crippen LogP contribution in [0.4, 0.5) is 5.69 Å². The average molecular weight is 395 g/mol. The lowest BCUT2D eigenvalue weighted by Crippen LogP contribution is -2.47. The molecule has 3 amide bonds. The van der Waals surface area contributed by atoms with Gasteiger partial charge in [0.15, 0.2) is 0 Å². The Balaban J connectivity index is 1.44. The Bertz CT molecular complexity index is 942. The van der Waals surface area contributed by atoms with E-state index < -0.39 is 17.4 Å². The summed E-state index contributed by atoms with van der Waals surface area (Å²) in [5, 5.41) is 2.79. The number of anilines is 1. The molecule has 29 heavy (non-hydrogen) atoms. The number of carbonyl (C=O) groups excluding carboxylic acids is 3. The number of hydrogen-bond donors (Lipinski definition) is 1. The molecule has 5 rings (SSSR count). The van der Waals surface area contributed by atoms with Gasteiger partial charge < -0.3 is 19.9 Å². The standard InChI is InChI=1S/C22H25N3O4/c1-13-3-4-15(11-14(13)2)25-12-22-7-5-16(29-22)18(19(22)21(25)28)20(27)24-9-6-17(26)23-8-10-24/h3-5,7,11,16,18-19H,6,8-10,12H2,1-2H3,(H,23,26)/t16-,18?,19?,22-/m1/s1. The van der Waals surface area contributed by atoms with Crippen LogP contribution < -0.4 is 10.2 Å². The number of amides is 3. The number of fused-ring (bicyclic) bond motifs is 1. The van der Waals surface area contributed by atoms with Crippen LogP contribution in [0.25, 0.3) is 0 Å². The van der Waals surface area contributed by atoms with Gasteiger partial charge in [0, 0.05) is 31.7 Å². The zero-order valence-electron chi connectivity index (χ0n) is 16.7. The second-order valence-corrected chi connectivity index (χ2v) is 8.52. The molecule has 7 heteroatoms. The van der Waals surface area contributed by atoms with Crippen molar-refractivity contribution in [2.24, 2.45) is 11.8 Å². The van der Waals surface area contributed by atoms with Gasteiger partial charge in [0.25, 0.3) is 0 Å². The molecule has 1 spiro atoms. The van der Waals surface area contributed by atoms with E-state index in [0.29, 0.717) is 32.6 Å². The van der Waals surface area contributed by atoms with Crippen molar-refractivity contribution < 1.29 is 19.1 Å². The highest BCUT2D eigenvalue weighted by molar-refractivity contribution is 6.03. The van der Waals surface area contributed by atoms with Crippen molar-refractivity contribution in [3.05, 3.63) is 41.5 Å². The van der Waals surface area contributed by atoms with Crippen molar-refractivity contribution in [1.29, 1.82) is 0 Å². The van der Waals surface area contributed by atoms with E-state index in [9.17, 15) is 14.4 Å². The third kappa shape index (κ3) is 2.71. The normalized spacial score (nSPS) is 33.1. The minimum absolute atomic E-state index is 0.0429. The van der Waals surface area contributed by atoms with Crippen LogP contribution in [0.1, 0.15) is 17.5 Å². The van der Waals surface area contributed by atoms with Crippen LogP contribution in [-0.2, 0) is 19.1 Å². The first-order valence-corrected chi connectivity index (χ1v) is 10.2. The Hall–Kier alpha value is -2.67. The van der Waals surface area contributed by atoms with Gasteiger partial charge >= 0.3 is 0 Å². The number of hydrogen-bond acceptors (Lipinski definition) is 4. The van der Waals surface area contributed by atoms with Crippen LogP contribution in [0.3, 0.4) is 0 Å². The van der Waals surface area contributed by atoms with Crippen LogP contribution >= 0.6 is 0 Å². The topological polar surface area (TPSA) is 79.0 Å². The van der Waals surface area contributed by atoms with Crippen LogP contribution in [0.15, 0.2) is 30.4 Å². The summed E-state index contributed by atoms with van der Waals surface area (Å²) in [6.07, 6.45) is 3.82. The maximum absolute atomic E-state index is 13.5. The first kappa shape index (κ1) is 18.4. The second-order valence-electron chi connectivity index (χ2n) is 8.52. The fourth-order valence-corrected chi connectivity index (χ4v) is 5.09. The van der Waals surface area contributed by atoms with Gasteiger partial charge in [-0.2, -0.15) is 0 Å². The Morgan fingerprint density at radius 3 is 2.83 bits per heavy atom. The summed E-state index contributed by atoms with van der Waals surface area (Å²) in [5.74, 6) is -1.23. The number of carbonyl (C=O) groups is 3. The molecule has 0 aromatic heterocycles. The van der Waals surface area contributed by atoms with E-state index in [1.807, 2.05) is 44.2 Å². The van der Waals surface area contributed by atoms with Crippen molar-refractivity contribution in [3.8, 4) is 0 Å². The predicted octanol–water partition coefficient (Wildman–Crippen LogP) is 0.938. The van der Waals surface area contributed by atoms with Crippen LogP contribution in [0.2, 0.25) is 0 Å². The van der Waals surface area contributed by atoms with Crippen LogP contribution in [0, 0.1) is 25.7 Å². The molecule has 152 valence electrons. The van der Waals surface area contributed by atoms with E-state index in [4.69, 9.17) is 4.74 Å². The molecule has 1 aromatic rings. The number of nitrogens with one attached hydrogen (secondary N) is 1. The molecule has 1 N–H and O–H groups in total. The molecular weight excluding hydrogens is 370 g/mol. The van der Waals surface area contributed by atoms with Gasteiger partial charge in [-0.3, -0.25) is 14.4 Å². The van der Waals surface area contributed by atoms with Gasteiger partial charge in [-0.15, -0.1) is 0 Å². The maximum Gasteiger partial charge on any atom is 0.234 e. The van der Waals surface area contributed by atoms with E-state index in [2.05, 4.69) is 5.32 Å². The molecule has 4 aliphatic rings. The van der Waals surface area contributed by atoms with Gasteiger partial charge in [-0.1, -0.05) is 18.2 Å². The van der Waals surface area contributed by atoms with Gasteiger partial charge in [-0.25, -0.2) is 0 Å². The molecular formula is C22H25N3O4. The van der Waals surface area contributed by atoms with Gasteiger partial charge in [0.2, 0.25) is 17.7 Å². The van der Waals surface area contributed by atoms with Crippen LogP contribution in [0.5, 0.6) is 0 Å². The number of aryl methyl sites for hydroxylation is 2. The van der Waals surface area contributed by atoms with Gasteiger partial charge in [-0.05, 0) is 37.1 Å². The van der Waals surface area contributed by atoms with Crippen molar-refractivity contribution in [2.75, 3.05) is 31.1 Å². The number of benzene rings is 1. The summed E-state index contributed by atoms with van der Waals surface area (Å²) in [5.41, 5.74) is 2.41. The molecule has 3 saturated heterocycles. The zero-order valence-corrected chi connectivity index (χ0v) is 16.7.